The van der Waals surface area contributed by atoms with Gasteiger partial charge in [0.2, 0.25) is 5.91 Å². The zero-order valence-corrected chi connectivity index (χ0v) is 14.4. The van der Waals surface area contributed by atoms with Gasteiger partial charge in [0.05, 0.1) is 19.0 Å². The van der Waals surface area contributed by atoms with Crippen LogP contribution in [0.25, 0.3) is 0 Å². The highest BCUT2D eigenvalue weighted by Crippen LogP contribution is 2.22. The first-order valence-electron chi connectivity index (χ1n) is 8.74. The van der Waals surface area contributed by atoms with Crippen molar-refractivity contribution in [3.63, 3.8) is 0 Å². The van der Waals surface area contributed by atoms with Gasteiger partial charge in [-0.25, -0.2) is 14.4 Å². The molecule has 1 aromatic heterocycles. The van der Waals surface area contributed by atoms with Gasteiger partial charge < -0.3 is 14.8 Å². The van der Waals surface area contributed by atoms with Crippen molar-refractivity contribution in [2.45, 2.75) is 44.4 Å². The van der Waals surface area contributed by atoms with E-state index >= 15 is 0 Å². The molecule has 7 heteroatoms. The van der Waals surface area contributed by atoms with Crippen molar-refractivity contribution >= 4 is 5.91 Å². The van der Waals surface area contributed by atoms with Crippen molar-refractivity contribution in [1.82, 2.24) is 15.3 Å². The molecule has 0 unspecified atom stereocenters. The first-order chi connectivity index (χ1) is 12.7. The van der Waals surface area contributed by atoms with Crippen molar-refractivity contribution < 1.29 is 18.7 Å². The molecule has 0 atom stereocenters. The number of hydrogen-bond acceptors (Lipinski definition) is 5. The SMILES string of the molecule is O=C(COCc1ccccc1)NC1CCC(Oc2ncc(F)cn2)CC1. The molecule has 0 bridgehead atoms. The molecule has 0 radical (unpaired) electrons. The van der Waals surface area contributed by atoms with E-state index < -0.39 is 5.82 Å². The van der Waals surface area contributed by atoms with Gasteiger partial charge in [0.15, 0.2) is 5.82 Å². The van der Waals surface area contributed by atoms with Crippen LogP contribution in [0, 0.1) is 5.82 Å². The van der Waals surface area contributed by atoms with Gasteiger partial charge in [-0.2, -0.15) is 0 Å². The predicted octanol–water partition coefficient (Wildman–Crippen LogP) is 2.64. The van der Waals surface area contributed by atoms with E-state index in [4.69, 9.17) is 9.47 Å². The minimum Gasteiger partial charge on any atom is -0.460 e. The number of nitrogens with one attached hydrogen (secondary N) is 1. The minimum absolute atomic E-state index is 0.0112. The summed E-state index contributed by atoms with van der Waals surface area (Å²) in [5.74, 6) is -0.592. The number of rotatable bonds is 7. The van der Waals surface area contributed by atoms with E-state index in [-0.39, 0.29) is 30.7 Å². The van der Waals surface area contributed by atoms with Gasteiger partial charge in [-0.05, 0) is 31.2 Å². The molecule has 1 aromatic carbocycles. The van der Waals surface area contributed by atoms with E-state index in [9.17, 15) is 9.18 Å². The van der Waals surface area contributed by atoms with Crippen LogP contribution in [0.3, 0.4) is 0 Å². The average molecular weight is 359 g/mol. The second kappa shape index (κ2) is 9.24. The van der Waals surface area contributed by atoms with Crippen LogP contribution in [0.1, 0.15) is 31.2 Å². The number of amides is 1. The molecule has 1 N–H and O–H groups in total. The Bertz CT molecular complexity index is 689. The summed E-state index contributed by atoms with van der Waals surface area (Å²) in [6, 6.07) is 10.1. The van der Waals surface area contributed by atoms with Gasteiger partial charge in [-0.15, -0.1) is 0 Å². The van der Waals surface area contributed by atoms with E-state index in [1.165, 1.54) is 0 Å². The lowest BCUT2D eigenvalue weighted by Gasteiger charge is -2.28. The number of aromatic nitrogens is 2. The molecule has 6 nitrogen and oxygen atoms in total. The summed E-state index contributed by atoms with van der Waals surface area (Å²) in [7, 11) is 0. The Balaban J connectivity index is 1.33. The first kappa shape index (κ1) is 18.3. The number of halogens is 1. The topological polar surface area (TPSA) is 73.3 Å². The van der Waals surface area contributed by atoms with E-state index in [1.807, 2.05) is 30.3 Å². The average Bonchev–Trinajstić information content (AvgIpc) is 2.66. The lowest BCUT2D eigenvalue weighted by Crippen LogP contribution is -2.41. The molecule has 1 amide bonds. The molecule has 0 aliphatic heterocycles. The largest absolute Gasteiger partial charge is 0.460 e. The van der Waals surface area contributed by atoms with Crippen LogP contribution in [0.2, 0.25) is 0 Å². The third kappa shape index (κ3) is 5.77. The molecule has 1 aliphatic rings. The quantitative estimate of drug-likeness (QED) is 0.823. The summed E-state index contributed by atoms with van der Waals surface area (Å²) in [4.78, 5) is 19.6. The third-order valence-electron chi connectivity index (χ3n) is 4.25. The van der Waals surface area contributed by atoms with Crippen LogP contribution in [0.15, 0.2) is 42.7 Å². The molecule has 0 spiro atoms. The molecule has 26 heavy (non-hydrogen) atoms. The van der Waals surface area contributed by atoms with Crippen molar-refractivity contribution in [3.05, 3.63) is 54.1 Å². The Morgan fingerprint density at radius 2 is 1.81 bits per heavy atom. The summed E-state index contributed by atoms with van der Waals surface area (Å²) in [5, 5.41) is 3.00. The van der Waals surface area contributed by atoms with E-state index in [2.05, 4.69) is 15.3 Å². The fraction of sp³-hybridized carbons (Fsp3) is 0.421. The van der Waals surface area contributed by atoms with Crippen LogP contribution in [-0.2, 0) is 16.1 Å². The maximum atomic E-state index is 12.8. The molecule has 1 aliphatic carbocycles. The molecule has 0 saturated heterocycles. The van der Waals surface area contributed by atoms with Crippen molar-refractivity contribution in [3.8, 4) is 6.01 Å². The molecule has 1 saturated carbocycles. The Hall–Kier alpha value is -2.54. The Morgan fingerprint density at radius 1 is 1.12 bits per heavy atom. The number of nitrogens with zero attached hydrogens (tertiary/aromatic N) is 2. The van der Waals surface area contributed by atoms with Crippen LogP contribution in [0.5, 0.6) is 6.01 Å². The van der Waals surface area contributed by atoms with Crippen LogP contribution < -0.4 is 10.1 Å². The molecule has 1 fully saturated rings. The van der Waals surface area contributed by atoms with Gasteiger partial charge in [0, 0.05) is 6.04 Å². The molecule has 138 valence electrons. The van der Waals surface area contributed by atoms with Gasteiger partial charge >= 0.3 is 6.01 Å². The number of carbonyl (C=O) groups is 1. The highest BCUT2D eigenvalue weighted by atomic mass is 19.1. The van der Waals surface area contributed by atoms with Crippen molar-refractivity contribution in [2.75, 3.05) is 6.61 Å². The lowest BCUT2D eigenvalue weighted by atomic mass is 9.93. The summed E-state index contributed by atoms with van der Waals surface area (Å²) in [6.45, 7) is 0.473. The first-order valence-corrected chi connectivity index (χ1v) is 8.74. The standard InChI is InChI=1S/C19H22FN3O3/c20-15-10-21-19(22-11-15)26-17-8-6-16(7-9-17)23-18(24)13-25-12-14-4-2-1-3-5-14/h1-5,10-11,16-17H,6-9,12-13H2,(H,23,24). The fourth-order valence-electron chi connectivity index (χ4n) is 2.94. The third-order valence-corrected chi connectivity index (χ3v) is 4.25. The van der Waals surface area contributed by atoms with Crippen molar-refractivity contribution in [1.29, 1.82) is 0 Å². The number of benzene rings is 1. The predicted molar refractivity (Wildman–Crippen MR) is 92.9 cm³/mol. The van der Waals surface area contributed by atoms with E-state index in [0.717, 1.165) is 43.6 Å². The number of ether oxygens (including phenoxy) is 2. The van der Waals surface area contributed by atoms with Crippen LogP contribution in [0.4, 0.5) is 4.39 Å². The highest BCUT2D eigenvalue weighted by molar-refractivity contribution is 5.77. The summed E-state index contributed by atoms with van der Waals surface area (Å²) in [6.07, 6.45) is 5.37. The van der Waals surface area contributed by atoms with Crippen LogP contribution >= 0.6 is 0 Å². The van der Waals surface area contributed by atoms with E-state index in [1.54, 1.807) is 0 Å². The van der Waals surface area contributed by atoms with Gasteiger partial charge in [0.25, 0.3) is 0 Å². The summed E-state index contributed by atoms with van der Waals surface area (Å²) >= 11 is 0. The van der Waals surface area contributed by atoms with Crippen molar-refractivity contribution in [2.24, 2.45) is 0 Å². The second-order valence-corrected chi connectivity index (χ2v) is 6.32. The summed E-state index contributed by atoms with van der Waals surface area (Å²) in [5.41, 5.74) is 1.04. The summed E-state index contributed by atoms with van der Waals surface area (Å²) < 4.78 is 23.9. The number of carbonyl (C=O) groups excluding carboxylic acids is 1. The molecule has 2 aromatic rings. The minimum atomic E-state index is -0.488. The molecular formula is C19H22FN3O3. The maximum absolute atomic E-state index is 12.8. The highest BCUT2D eigenvalue weighted by Gasteiger charge is 2.24. The maximum Gasteiger partial charge on any atom is 0.316 e. The van der Waals surface area contributed by atoms with E-state index in [0.29, 0.717) is 6.61 Å². The Labute approximate surface area is 151 Å². The molecule has 1 heterocycles. The van der Waals surface area contributed by atoms with Gasteiger partial charge in [-0.1, -0.05) is 30.3 Å². The Kier molecular flexibility index (Phi) is 6.49. The zero-order valence-electron chi connectivity index (χ0n) is 14.4. The van der Waals surface area contributed by atoms with Crippen LogP contribution in [-0.4, -0.2) is 34.6 Å². The normalized spacial score (nSPS) is 19.7. The second-order valence-electron chi connectivity index (χ2n) is 6.32. The fourth-order valence-corrected chi connectivity index (χ4v) is 2.94. The molecule has 3 rings (SSSR count). The Morgan fingerprint density at radius 3 is 2.50 bits per heavy atom. The van der Waals surface area contributed by atoms with Gasteiger partial charge in [0.1, 0.15) is 12.7 Å². The lowest BCUT2D eigenvalue weighted by molar-refractivity contribution is -0.127. The zero-order chi connectivity index (χ0) is 18.2. The molecular weight excluding hydrogens is 337 g/mol. The van der Waals surface area contributed by atoms with Gasteiger partial charge in [-0.3, -0.25) is 4.79 Å². The smallest absolute Gasteiger partial charge is 0.316 e. The monoisotopic (exact) mass is 359 g/mol. The number of hydrogen-bond donors (Lipinski definition) is 1.